The Morgan fingerprint density at radius 2 is 1.36 bits per heavy atom. The summed E-state index contributed by atoms with van der Waals surface area (Å²) in [5.74, 6) is 0.176. The van der Waals surface area contributed by atoms with Crippen LogP contribution in [-0.2, 0) is 38.3 Å². The molecule has 9 heteroatoms. The molecule has 4 rings (SSSR count). The number of benzene rings is 3. The zero-order valence-corrected chi connectivity index (χ0v) is 35.9. The topological polar surface area (TPSA) is 123 Å². The van der Waals surface area contributed by atoms with Gasteiger partial charge < -0.3 is 29.5 Å². The van der Waals surface area contributed by atoms with E-state index in [0.717, 1.165) is 57.7 Å². The van der Waals surface area contributed by atoms with Crippen molar-refractivity contribution in [2.24, 2.45) is 11.3 Å². The van der Waals surface area contributed by atoms with Crippen LogP contribution in [0.1, 0.15) is 120 Å². The van der Waals surface area contributed by atoms with Crippen molar-refractivity contribution < 1.29 is 43.5 Å². The molecule has 1 aliphatic carbocycles. The fourth-order valence-corrected chi connectivity index (χ4v) is 7.98. The largest absolute Gasteiger partial charge is 0.492 e. The molecule has 0 amide bonds. The van der Waals surface area contributed by atoms with Crippen molar-refractivity contribution in [3.05, 3.63) is 101 Å². The van der Waals surface area contributed by atoms with Crippen LogP contribution in [0, 0.1) is 17.2 Å². The number of halogens is 1. The molecule has 0 heterocycles. The van der Waals surface area contributed by atoms with E-state index in [1.807, 2.05) is 30.3 Å². The zero-order chi connectivity index (χ0) is 43.0. The van der Waals surface area contributed by atoms with Gasteiger partial charge in [0.15, 0.2) is 0 Å². The molecule has 0 radical (unpaired) electrons. The van der Waals surface area contributed by atoms with Crippen LogP contribution in [0.2, 0.25) is 0 Å². The van der Waals surface area contributed by atoms with E-state index in [-0.39, 0.29) is 50.0 Å². The Hall–Kier alpha value is -4.31. The number of rotatable bonds is 24. The van der Waals surface area contributed by atoms with Crippen molar-refractivity contribution in [1.29, 1.82) is 0 Å². The molecular weight excluding hydrogens is 748 g/mol. The van der Waals surface area contributed by atoms with E-state index in [9.17, 15) is 24.9 Å². The monoisotopic (exact) mass is 814 g/mol. The fraction of sp³-hybridized carbons (Fsp3) is 0.520. The van der Waals surface area contributed by atoms with Crippen molar-refractivity contribution in [2.45, 2.75) is 117 Å². The summed E-state index contributed by atoms with van der Waals surface area (Å²) in [6.07, 6.45) is 12.5. The van der Waals surface area contributed by atoms with Crippen molar-refractivity contribution in [2.75, 3.05) is 39.6 Å². The van der Waals surface area contributed by atoms with E-state index in [1.54, 1.807) is 6.07 Å². The molecule has 0 bridgehead atoms. The summed E-state index contributed by atoms with van der Waals surface area (Å²) >= 11 is 0. The van der Waals surface area contributed by atoms with E-state index in [0.29, 0.717) is 49.3 Å². The molecule has 1 aliphatic rings. The first-order chi connectivity index (χ1) is 28.4. The molecule has 322 valence electrons. The Labute approximate surface area is 351 Å². The molecular formula is C50H67FO8. The maximum absolute atomic E-state index is 16.0. The summed E-state index contributed by atoms with van der Waals surface area (Å²) in [6.45, 7) is 13.2. The standard InChI is InChI=1S/C50H67FO8/c1-7-9-10-13-36-16-18-38(19-17-36)39-20-23-44(46(51)28-39)43-22-21-41(26-37(43)8-2)45-27-42(15-12-25-53)47(29-40(45)14-11-24-52)57-31-50(30-54,32-58-48(55)34(3)4)33-59-49(56)35(5)6/h20-23,26-29,36,38,52-54H,3,5,7-19,24-25,30-33H2,1-2,4,6H3. The lowest BCUT2D eigenvalue weighted by molar-refractivity contribution is -0.153. The molecule has 1 fully saturated rings. The Morgan fingerprint density at radius 1 is 0.729 bits per heavy atom. The first kappa shape index (κ1) is 47.4. The summed E-state index contributed by atoms with van der Waals surface area (Å²) in [5, 5.41) is 30.3. The van der Waals surface area contributed by atoms with Crippen molar-refractivity contribution >= 4 is 11.9 Å². The molecule has 0 spiro atoms. The highest BCUT2D eigenvalue weighted by molar-refractivity contribution is 5.87. The van der Waals surface area contributed by atoms with Crippen LogP contribution >= 0.6 is 0 Å². The molecule has 0 aromatic heterocycles. The highest BCUT2D eigenvalue weighted by Crippen LogP contribution is 2.41. The lowest BCUT2D eigenvalue weighted by atomic mass is 9.77. The molecule has 8 nitrogen and oxygen atoms in total. The number of ether oxygens (including phenoxy) is 3. The molecule has 3 aromatic carbocycles. The number of carbonyl (C=O) groups excluding carboxylic acids is 2. The second-order valence-corrected chi connectivity index (χ2v) is 16.6. The van der Waals surface area contributed by atoms with E-state index in [2.05, 4.69) is 39.1 Å². The van der Waals surface area contributed by atoms with Gasteiger partial charge in [-0.3, -0.25) is 0 Å². The predicted molar refractivity (Wildman–Crippen MR) is 233 cm³/mol. The van der Waals surface area contributed by atoms with E-state index < -0.39 is 24.0 Å². The highest BCUT2D eigenvalue weighted by atomic mass is 19.1. The molecule has 3 N–H and O–H groups in total. The maximum atomic E-state index is 16.0. The second kappa shape index (κ2) is 23.5. The average molecular weight is 815 g/mol. The third-order valence-electron chi connectivity index (χ3n) is 11.7. The number of aliphatic hydroxyl groups is 3. The first-order valence-electron chi connectivity index (χ1n) is 21.6. The SMILES string of the molecule is C=C(C)C(=O)OCC(CO)(COC(=O)C(=C)C)COc1cc(CCCO)c(-c2ccc(-c3ccc(C4CCC(CCCCC)CC4)cc3F)c(CC)c2)cc1CCCO. The fourth-order valence-electron chi connectivity index (χ4n) is 7.98. The van der Waals surface area contributed by atoms with Gasteiger partial charge in [-0.2, -0.15) is 0 Å². The van der Waals surface area contributed by atoms with Gasteiger partial charge in [0.1, 0.15) is 31.4 Å². The number of hydrogen-bond donors (Lipinski definition) is 3. The van der Waals surface area contributed by atoms with Crippen molar-refractivity contribution in [1.82, 2.24) is 0 Å². The van der Waals surface area contributed by atoms with Crippen LogP contribution in [0.3, 0.4) is 0 Å². The van der Waals surface area contributed by atoms with Gasteiger partial charge in [-0.05, 0) is 141 Å². The summed E-state index contributed by atoms with van der Waals surface area (Å²) < 4.78 is 33.3. The Bertz CT molecular complexity index is 1840. The van der Waals surface area contributed by atoms with Gasteiger partial charge in [-0.1, -0.05) is 83.0 Å². The molecule has 3 aromatic rings. The lowest BCUT2D eigenvalue weighted by Gasteiger charge is -2.31. The summed E-state index contributed by atoms with van der Waals surface area (Å²) in [4.78, 5) is 24.7. The van der Waals surface area contributed by atoms with Crippen LogP contribution in [-0.4, -0.2) is 66.9 Å². The first-order valence-corrected chi connectivity index (χ1v) is 21.6. The van der Waals surface area contributed by atoms with Gasteiger partial charge in [0.05, 0.1) is 12.0 Å². The number of unbranched alkanes of at least 4 members (excludes halogenated alkanes) is 2. The smallest absolute Gasteiger partial charge is 0.333 e. The molecule has 59 heavy (non-hydrogen) atoms. The molecule has 0 unspecified atom stereocenters. The maximum Gasteiger partial charge on any atom is 0.333 e. The number of esters is 2. The van der Waals surface area contributed by atoms with Crippen LogP contribution in [0.4, 0.5) is 4.39 Å². The van der Waals surface area contributed by atoms with Gasteiger partial charge in [0.25, 0.3) is 0 Å². The summed E-state index contributed by atoms with van der Waals surface area (Å²) in [5.41, 5.74) is 6.16. The van der Waals surface area contributed by atoms with Crippen LogP contribution < -0.4 is 4.74 Å². The minimum absolute atomic E-state index is 0.0213. The number of aryl methyl sites for hydroxylation is 3. The van der Waals surface area contributed by atoms with Gasteiger partial charge in [-0.25, -0.2) is 14.0 Å². The van der Waals surface area contributed by atoms with E-state index in [1.165, 1.54) is 52.4 Å². The predicted octanol–water partition coefficient (Wildman–Crippen LogP) is 10.0. The second-order valence-electron chi connectivity index (χ2n) is 16.6. The zero-order valence-electron chi connectivity index (χ0n) is 35.9. The van der Waals surface area contributed by atoms with E-state index in [4.69, 9.17) is 14.2 Å². The van der Waals surface area contributed by atoms with Gasteiger partial charge in [-0.15, -0.1) is 0 Å². The van der Waals surface area contributed by atoms with Crippen molar-refractivity contribution in [3.8, 4) is 28.0 Å². The number of carbonyl (C=O) groups is 2. The molecule has 0 atom stereocenters. The van der Waals surface area contributed by atoms with Gasteiger partial charge in [0, 0.05) is 29.9 Å². The third-order valence-corrected chi connectivity index (χ3v) is 11.7. The van der Waals surface area contributed by atoms with Gasteiger partial charge in [0.2, 0.25) is 0 Å². The summed E-state index contributed by atoms with van der Waals surface area (Å²) in [7, 11) is 0. The number of hydrogen-bond acceptors (Lipinski definition) is 8. The van der Waals surface area contributed by atoms with Gasteiger partial charge >= 0.3 is 11.9 Å². The Kier molecular flexibility index (Phi) is 18.8. The third kappa shape index (κ3) is 13.3. The van der Waals surface area contributed by atoms with Crippen molar-refractivity contribution in [3.63, 3.8) is 0 Å². The molecule has 0 aliphatic heterocycles. The van der Waals surface area contributed by atoms with Crippen LogP contribution in [0.25, 0.3) is 22.3 Å². The lowest BCUT2D eigenvalue weighted by Crippen LogP contribution is -2.43. The molecule has 1 saturated carbocycles. The quantitative estimate of drug-likeness (QED) is 0.0464. The number of aliphatic hydroxyl groups excluding tert-OH is 3. The highest BCUT2D eigenvalue weighted by Gasteiger charge is 2.35. The van der Waals surface area contributed by atoms with Crippen LogP contribution in [0.15, 0.2) is 72.8 Å². The molecule has 0 saturated heterocycles. The Balaban J connectivity index is 1.66. The van der Waals surface area contributed by atoms with E-state index >= 15 is 4.39 Å². The van der Waals surface area contributed by atoms with Crippen LogP contribution in [0.5, 0.6) is 5.75 Å². The normalized spacial score (nSPS) is 15.5. The average Bonchev–Trinajstić information content (AvgIpc) is 3.24. The minimum Gasteiger partial charge on any atom is -0.492 e. The minimum atomic E-state index is -1.32. The summed E-state index contributed by atoms with van der Waals surface area (Å²) in [6, 6.07) is 15.9. The Morgan fingerprint density at radius 3 is 1.92 bits per heavy atom.